The highest BCUT2D eigenvalue weighted by Gasteiger charge is 2.29. The molecule has 1 heterocycles. The van der Waals surface area contributed by atoms with Crippen molar-refractivity contribution in [2.45, 2.75) is 30.8 Å². The van der Waals surface area contributed by atoms with Gasteiger partial charge < -0.3 is 4.74 Å². The third-order valence-electron chi connectivity index (χ3n) is 4.38. The second kappa shape index (κ2) is 8.73. The summed E-state index contributed by atoms with van der Waals surface area (Å²) in [5, 5.41) is 0.102. The minimum atomic E-state index is -3.73. The molecule has 0 spiro atoms. The lowest BCUT2D eigenvalue weighted by Crippen LogP contribution is -2.35. The quantitative estimate of drug-likeness (QED) is 0.595. The second-order valence-corrected chi connectivity index (χ2v) is 9.54. The molecule has 27 heavy (non-hydrogen) atoms. The summed E-state index contributed by atoms with van der Waals surface area (Å²) >= 11 is 9.48. The Balaban J connectivity index is 1.77. The summed E-state index contributed by atoms with van der Waals surface area (Å²) < 4.78 is 33.4. The normalized spacial score (nSPS) is 15.5. The van der Waals surface area contributed by atoms with E-state index < -0.39 is 16.0 Å². The van der Waals surface area contributed by atoms with E-state index in [-0.39, 0.29) is 22.1 Å². The van der Waals surface area contributed by atoms with Crippen LogP contribution >= 0.6 is 27.5 Å². The molecule has 0 aromatic heterocycles. The molecule has 0 bridgehead atoms. The third-order valence-corrected chi connectivity index (χ3v) is 7.29. The number of ether oxygens (including phenoxy) is 1. The van der Waals surface area contributed by atoms with E-state index in [1.807, 2.05) is 24.3 Å². The molecule has 0 saturated carbocycles. The maximum atomic E-state index is 12.9. The number of sulfonamides is 1. The van der Waals surface area contributed by atoms with E-state index in [9.17, 15) is 13.2 Å². The summed E-state index contributed by atoms with van der Waals surface area (Å²) in [5.41, 5.74) is 0.994. The first-order valence-corrected chi connectivity index (χ1v) is 11.2. The number of rotatable bonds is 5. The summed E-state index contributed by atoms with van der Waals surface area (Å²) in [4.78, 5) is 12.3. The smallest absolute Gasteiger partial charge is 0.338 e. The van der Waals surface area contributed by atoms with E-state index in [2.05, 4.69) is 15.9 Å². The number of piperidine rings is 1. The van der Waals surface area contributed by atoms with Gasteiger partial charge in [0.2, 0.25) is 10.0 Å². The van der Waals surface area contributed by atoms with Gasteiger partial charge in [0.05, 0.1) is 10.6 Å². The van der Waals surface area contributed by atoms with Crippen LogP contribution in [0.4, 0.5) is 0 Å². The average molecular weight is 473 g/mol. The van der Waals surface area contributed by atoms with E-state index in [0.29, 0.717) is 13.1 Å². The lowest BCUT2D eigenvalue weighted by atomic mass is 10.2. The van der Waals surface area contributed by atoms with Gasteiger partial charge in [-0.05, 0) is 48.7 Å². The number of hydrogen-bond donors (Lipinski definition) is 0. The van der Waals surface area contributed by atoms with Crippen molar-refractivity contribution >= 4 is 43.5 Å². The minimum absolute atomic E-state index is 0.0517. The van der Waals surface area contributed by atoms with Crippen molar-refractivity contribution in [3.05, 3.63) is 63.1 Å². The lowest BCUT2D eigenvalue weighted by Gasteiger charge is -2.26. The minimum Gasteiger partial charge on any atom is -0.457 e. The number of carbonyl (C=O) groups excluding carboxylic acids is 1. The van der Waals surface area contributed by atoms with E-state index >= 15 is 0 Å². The molecule has 2 aromatic rings. The molecule has 8 heteroatoms. The van der Waals surface area contributed by atoms with Crippen LogP contribution in [-0.2, 0) is 21.4 Å². The van der Waals surface area contributed by atoms with Gasteiger partial charge in [0.25, 0.3) is 0 Å². The van der Waals surface area contributed by atoms with Crippen molar-refractivity contribution in [2.75, 3.05) is 13.1 Å². The van der Waals surface area contributed by atoms with Gasteiger partial charge in [0.1, 0.15) is 11.5 Å². The first kappa shape index (κ1) is 20.3. The number of esters is 1. The van der Waals surface area contributed by atoms with Crippen LogP contribution in [0.2, 0.25) is 5.02 Å². The van der Waals surface area contributed by atoms with E-state index in [0.717, 1.165) is 29.3 Å². The summed E-state index contributed by atoms with van der Waals surface area (Å²) in [7, 11) is -3.73. The highest BCUT2D eigenvalue weighted by atomic mass is 79.9. The SMILES string of the molecule is O=C(OCc1ccc(Br)cc1)c1ccc(Cl)c(S(=O)(=O)N2CCCCC2)c1. The maximum Gasteiger partial charge on any atom is 0.338 e. The van der Waals surface area contributed by atoms with Gasteiger partial charge in [-0.25, -0.2) is 13.2 Å². The van der Waals surface area contributed by atoms with Crippen molar-refractivity contribution in [1.29, 1.82) is 0 Å². The zero-order valence-electron chi connectivity index (χ0n) is 14.5. The number of hydrogen-bond acceptors (Lipinski definition) is 4. The lowest BCUT2D eigenvalue weighted by molar-refractivity contribution is 0.0472. The highest BCUT2D eigenvalue weighted by Crippen LogP contribution is 2.28. The van der Waals surface area contributed by atoms with Crippen LogP contribution in [-0.4, -0.2) is 31.8 Å². The largest absolute Gasteiger partial charge is 0.457 e. The van der Waals surface area contributed by atoms with Crippen molar-refractivity contribution < 1.29 is 17.9 Å². The summed E-state index contributed by atoms with van der Waals surface area (Å²) in [6.45, 7) is 1.04. The standard InChI is InChI=1S/C19H19BrClNO4S/c20-16-7-4-14(5-8-16)13-26-19(23)15-6-9-17(21)18(12-15)27(24,25)22-10-2-1-3-11-22/h4-9,12H,1-3,10-11,13H2. The Morgan fingerprint density at radius 2 is 1.74 bits per heavy atom. The van der Waals surface area contributed by atoms with Gasteiger partial charge in [-0.3, -0.25) is 0 Å². The Kier molecular flexibility index (Phi) is 6.57. The molecule has 2 aromatic carbocycles. The fraction of sp³-hybridized carbons (Fsp3) is 0.316. The number of carbonyl (C=O) groups is 1. The summed E-state index contributed by atoms with van der Waals surface area (Å²) in [5.74, 6) is -0.593. The fourth-order valence-electron chi connectivity index (χ4n) is 2.89. The number of benzene rings is 2. The third kappa shape index (κ3) is 4.90. The average Bonchev–Trinajstić information content (AvgIpc) is 2.68. The van der Waals surface area contributed by atoms with Crippen molar-refractivity contribution in [1.82, 2.24) is 4.31 Å². The molecule has 1 aliphatic rings. The number of halogens is 2. The molecule has 0 unspecified atom stereocenters. The molecule has 0 radical (unpaired) electrons. The van der Waals surface area contributed by atoms with Gasteiger partial charge >= 0.3 is 5.97 Å². The Morgan fingerprint density at radius 3 is 2.41 bits per heavy atom. The molecule has 144 valence electrons. The molecule has 1 fully saturated rings. The summed E-state index contributed by atoms with van der Waals surface area (Å²) in [6, 6.07) is 11.6. The molecule has 1 aliphatic heterocycles. The van der Waals surface area contributed by atoms with Crippen molar-refractivity contribution in [3.8, 4) is 0 Å². The maximum absolute atomic E-state index is 12.9. The molecule has 0 amide bonds. The van der Waals surface area contributed by atoms with Crippen LogP contribution in [0.5, 0.6) is 0 Å². The zero-order chi connectivity index (χ0) is 19.4. The Labute approximate surface area is 172 Å². The molecule has 0 aliphatic carbocycles. The van der Waals surface area contributed by atoms with Crippen molar-refractivity contribution in [2.24, 2.45) is 0 Å². The van der Waals surface area contributed by atoms with E-state index in [1.165, 1.54) is 22.5 Å². The van der Waals surface area contributed by atoms with Gasteiger partial charge in [-0.1, -0.05) is 46.1 Å². The predicted molar refractivity (Wildman–Crippen MR) is 107 cm³/mol. The molecule has 3 rings (SSSR count). The molecular weight excluding hydrogens is 454 g/mol. The molecule has 0 N–H and O–H groups in total. The molecule has 5 nitrogen and oxygen atoms in total. The fourth-order valence-corrected chi connectivity index (χ4v) is 5.17. The number of nitrogens with zero attached hydrogens (tertiary/aromatic N) is 1. The molecule has 0 atom stereocenters. The predicted octanol–water partition coefficient (Wildman–Crippen LogP) is 4.63. The second-order valence-electron chi connectivity index (χ2n) is 6.31. The Morgan fingerprint density at radius 1 is 1.07 bits per heavy atom. The van der Waals surface area contributed by atoms with Crippen LogP contribution in [0.3, 0.4) is 0 Å². The first-order chi connectivity index (χ1) is 12.9. The van der Waals surface area contributed by atoms with Crippen LogP contribution in [0, 0.1) is 0 Å². The zero-order valence-corrected chi connectivity index (χ0v) is 17.7. The molecular formula is C19H19BrClNO4S. The highest BCUT2D eigenvalue weighted by molar-refractivity contribution is 9.10. The Hall–Kier alpha value is -1.41. The van der Waals surface area contributed by atoms with E-state index in [4.69, 9.17) is 16.3 Å². The van der Waals surface area contributed by atoms with E-state index in [1.54, 1.807) is 0 Å². The van der Waals surface area contributed by atoms with Gasteiger partial charge in [0, 0.05) is 17.6 Å². The topological polar surface area (TPSA) is 63.7 Å². The first-order valence-electron chi connectivity index (χ1n) is 8.59. The van der Waals surface area contributed by atoms with Crippen LogP contribution in [0.25, 0.3) is 0 Å². The van der Waals surface area contributed by atoms with Crippen LogP contribution in [0.1, 0.15) is 35.2 Å². The van der Waals surface area contributed by atoms with Gasteiger partial charge in [-0.2, -0.15) is 4.31 Å². The van der Waals surface area contributed by atoms with Crippen molar-refractivity contribution in [3.63, 3.8) is 0 Å². The van der Waals surface area contributed by atoms with Crippen LogP contribution < -0.4 is 0 Å². The Bertz CT molecular complexity index is 925. The summed E-state index contributed by atoms with van der Waals surface area (Å²) in [6.07, 6.45) is 2.67. The van der Waals surface area contributed by atoms with Gasteiger partial charge in [0.15, 0.2) is 0 Å². The molecule has 1 saturated heterocycles. The van der Waals surface area contributed by atoms with Gasteiger partial charge in [-0.15, -0.1) is 0 Å². The monoisotopic (exact) mass is 471 g/mol. The van der Waals surface area contributed by atoms with Crippen LogP contribution in [0.15, 0.2) is 51.8 Å².